The number of rotatable bonds is 3. The van der Waals surface area contributed by atoms with Crippen LogP contribution < -0.4 is 11.1 Å². The van der Waals surface area contributed by atoms with Crippen LogP contribution >= 0.6 is 11.8 Å². The fourth-order valence-electron chi connectivity index (χ4n) is 1.45. The lowest BCUT2D eigenvalue weighted by Crippen LogP contribution is -2.25. The molecular weight excluding hydrogens is 238 g/mol. The zero-order chi connectivity index (χ0) is 12.4. The van der Waals surface area contributed by atoms with Crippen LogP contribution in [0.2, 0.25) is 0 Å². The third-order valence-corrected chi connectivity index (χ3v) is 3.66. The molecule has 0 saturated carbocycles. The number of hydrogen-bond donors (Lipinski definition) is 2. The summed E-state index contributed by atoms with van der Waals surface area (Å²) < 4.78 is 0. The number of likely N-dealkylation sites (N-methyl/N-ethyl adjacent to an activating group) is 1. The Hall–Kier alpha value is -1.69. The molecule has 1 heterocycles. The van der Waals surface area contributed by atoms with Gasteiger partial charge in [0.05, 0.1) is 0 Å². The predicted octanol–water partition coefficient (Wildman–Crippen LogP) is 1.01. The van der Waals surface area contributed by atoms with Gasteiger partial charge in [-0.2, -0.15) is 0 Å². The van der Waals surface area contributed by atoms with Crippen molar-refractivity contribution in [2.75, 3.05) is 12.8 Å². The van der Waals surface area contributed by atoms with Crippen molar-refractivity contribution in [3.63, 3.8) is 0 Å². The van der Waals surface area contributed by atoms with E-state index in [4.69, 9.17) is 5.73 Å². The van der Waals surface area contributed by atoms with E-state index in [1.54, 1.807) is 0 Å². The number of hydrogen-bond acceptors (Lipinski definition) is 4. The van der Waals surface area contributed by atoms with Crippen LogP contribution in [0.3, 0.4) is 0 Å². The van der Waals surface area contributed by atoms with Crippen molar-refractivity contribution in [1.82, 2.24) is 10.2 Å². The molecule has 90 valence electrons. The Morgan fingerprint density at radius 2 is 2.00 bits per heavy atom. The van der Waals surface area contributed by atoms with Gasteiger partial charge >= 0.3 is 6.03 Å². The molecule has 2 rings (SSSR count). The summed E-state index contributed by atoms with van der Waals surface area (Å²) in [7, 11) is 1.47. The number of carbonyl (C=O) groups excluding carboxylic acids is 2. The van der Waals surface area contributed by atoms with E-state index in [0.29, 0.717) is 11.4 Å². The summed E-state index contributed by atoms with van der Waals surface area (Å²) in [6.07, 6.45) is 0. The molecule has 0 radical (unpaired) electrons. The molecule has 0 aliphatic carbocycles. The van der Waals surface area contributed by atoms with Gasteiger partial charge in [0.1, 0.15) is 0 Å². The van der Waals surface area contributed by atoms with Gasteiger partial charge in [-0.25, -0.2) is 4.79 Å². The number of urea groups is 1. The summed E-state index contributed by atoms with van der Waals surface area (Å²) in [4.78, 5) is 23.9. The largest absolute Gasteiger partial charge is 0.399 e. The monoisotopic (exact) mass is 251 g/mol. The molecule has 0 spiro atoms. The van der Waals surface area contributed by atoms with Gasteiger partial charge in [-0.3, -0.25) is 9.69 Å². The Bertz CT molecular complexity index is 447. The van der Waals surface area contributed by atoms with E-state index in [1.165, 1.54) is 18.8 Å². The van der Waals surface area contributed by atoms with Gasteiger partial charge in [0.2, 0.25) is 0 Å². The maximum Gasteiger partial charge on any atom is 0.325 e. The van der Waals surface area contributed by atoms with Crippen LogP contribution in [0, 0.1) is 0 Å². The maximum atomic E-state index is 11.6. The average molecular weight is 251 g/mol. The number of carbonyl (C=O) groups is 2. The van der Waals surface area contributed by atoms with Gasteiger partial charge in [0.15, 0.2) is 5.37 Å². The lowest BCUT2D eigenvalue weighted by Gasteiger charge is -2.07. The van der Waals surface area contributed by atoms with Crippen LogP contribution in [-0.4, -0.2) is 29.3 Å². The number of benzene rings is 1. The van der Waals surface area contributed by atoms with Crippen molar-refractivity contribution in [2.24, 2.45) is 0 Å². The summed E-state index contributed by atoms with van der Waals surface area (Å²) in [5, 5.41) is 2.13. The van der Waals surface area contributed by atoms with Crippen molar-refractivity contribution < 1.29 is 9.59 Å². The van der Waals surface area contributed by atoms with Crippen LogP contribution in [0.25, 0.3) is 0 Å². The van der Waals surface area contributed by atoms with Gasteiger partial charge in [0.25, 0.3) is 5.91 Å². The molecule has 1 fully saturated rings. The molecule has 6 heteroatoms. The highest BCUT2D eigenvalue weighted by Gasteiger charge is 2.35. The summed E-state index contributed by atoms with van der Waals surface area (Å²) in [6.45, 7) is 0. The second-order valence-corrected chi connectivity index (χ2v) is 4.87. The van der Waals surface area contributed by atoms with Crippen LogP contribution in [0.5, 0.6) is 0 Å². The molecule has 5 nitrogen and oxygen atoms in total. The Labute approximate surface area is 103 Å². The number of anilines is 1. The fraction of sp³-hybridized carbons (Fsp3) is 0.273. The molecule has 1 aliphatic rings. The van der Waals surface area contributed by atoms with E-state index in [9.17, 15) is 9.59 Å². The number of nitrogen functional groups attached to an aromatic ring is 1. The van der Waals surface area contributed by atoms with Crippen molar-refractivity contribution in [2.45, 2.75) is 11.1 Å². The second-order valence-electron chi connectivity index (χ2n) is 3.78. The third-order valence-electron chi connectivity index (χ3n) is 2.51. The van der Waals surface area contributed by atoms with Gasteiger partial charge in [-0.1, -0.05) is 12.1 Å². The Kier molecular flexibility index (Phi) is 3.23. The lowest BCUT2D eigenvalue weighted by molar-refractivity contribution is -0.124. The maximum absolute atomic E-state index is 11.6. The smallest absolute Gasteiger partial charge is 0.325 e. The van der Waals surface area contributed by atoms with Gasteiger partial charge in [-0.15, -0.1) is 11.8 Å². The van der Waals surface area contributed by atoms with Crippen LogP contribution in [-0.2, 0) is 10.5 Å². The number of nitrogens with zero attached hydrogens (tertiary/aromatic N) is 1. The number of thioether (sulfide) groups is 1. The molecular formula is C11H13N3O2S. The third kappa shape index (κ3) is 2.52. The molecule has 3 N–H and O–H groups in total. The Morgan fingerprint density at radius 1 is 1.35 bits per heavy atom. The number of nitrogens with one attached hydrogen (secondary N) is 1. The highest BCUT2D eigenvalue weighted by Crippen LogP contribution is 2.21. The minimum Gasteiger partial charge on any atom is -0.399 e. The summed E-state index contributed by atoms with van der Waals surface area (Å²) in [5.74, 6) is 0.459. The Morgan fingerprint density at radius 3 is 2.53 bits per heavy atom. The summed E-state index contributed by atoms with van der Waals surface area (Å²) >= 11 is 1.39. The van der Waals surface area contributed by atoms with Crippen LogP contribution in [0.15, 0.2) is 24.3 Å². The molecule has 1 aromatic carbocycles. The number of nitrogens with two attached hydrogens (primary N) is 1. The van der Waals surface area contributed by atoms with Gasteiger partial charge < -0.3 is 11.1 Å². The minimum absolute atomic E-state index is 0.199. The zero-order valence-corrected chi connectivity index (χ0v) is 10.2. The molecule has 1 saturated heterocycles. The highest BCUT2D eigenvalue weighted by molar-refractivity contribution is 7.99. The second kappa shape index (κ2) is 4.67. The summed E-state index contributed by atoms with van der Waals surface area (Å²) in [5.41, 5.74) is 7.36. The quantitative estimate of drug-likeness (QED) is 0.621. The van der Waals surface area contributed by atoms with E-state index < -0.39 is 5.37 Å². The molecule has 17 heavy (non-hydrogen) atoms. The normalized spacial score (nSPS) is 19.6. The first-order valence-electron chi connectivity index (χ1n) is 5.12. The number of amides is 3. The molecule has 0 bridgehead atoms. The minimum atomic E-state index is -0.481. The molecule has 0 aromatic heterocycles. The lowest BCUT2D eigenvalue weighted by atomic mass is 10.2. The van der Waals surface area contributed by atoms with Crippen molar-refractivity contribution in [1.29, 1.82) is 0 Å². The fourth-order valence-corrected chi connectivity index (χ4v) is 2.49. The standard InChI is InChI=1S/C11H13N3O2S/c1-14-10(15)9(13-11(14)16)17-6-7-2-4-8(12)5-3-7/h2-5,9H,6,12H2,1H3,(H,13,16). The van der Waals surface area contributed by atoms with Gasteiger partial charge in [0, 0.05) is 18.5 Å². The predicted molar refractivity (Wildman–Crippen MR) is 67.2 cm³/mol. The van der Waals surface area contributed by atoms with E-state index in [1.807, 2.05) is 24.3 Å². The number of imide groups is 1. The van der Waals surface area contributed by atoms with Crippen molar-refractivity contribution in [3.8, 4) is 0 Å². The summed E-state index contributed by atoms with van der Waals surface area (Å²) in [6, 6.07) is 7.11. The Balaban J connectivity index is 1.93. The van der Waals surface area contributed by atoms with E-state index >= 15 is 0 Å². The molecule has 1 aliphatic heterocycles. The highest BCUT2D eigenvalue weighted by atomic mass is 32.2. The topological polar surface area (TPSA) is 75.4 Å². The van der Waals surface area contributed by atoms with Crippen molar-refractivity contribution >= 4 is 29.4 Å². The van der Waals surface area contributed by atoms with E-state index in [2.05, 4.69) is 5.32 Å². The molecule has 1 atom stereocenters. The van der Waals surface area contributed by atoms with E-state index in [-0.39, 0.29) is 11.9 Å². The zero-order valence-electron chi connectivity index (χ0n) is 9.34. The first kappa shape index (κ1) is 11.8. The molecule has 1 unspecified atom stereocenters. The first-order chi connectivity index (χ1) is 8.08. The van der Waals surface area contributed by atoms with Crippen LogP contribution in [0.1, 0.15) is 5.56 Å². The van der Waals surface area contributed by atoms with E-state index in [0.717, 1.165) is 10.5 Å². The first-order valence-corrected chi connectivity index (χ1v) is 6.17. The molecule has 1 aromatic rings. The van der Waals surface area contributed by atoms with Crippen molar-refractivity contribution in [3.05, 3.63) is 29.8 Å². The van der Waals surface area contributed by atoms with Crippen LogP contribution in [0.4, 0.5) is 10.5 Å². The SMILES string of the molecule is CN1C(=O)NC(SCc2ccc(N)cc2)C1=O. The van der Waals surface area contributed by atoms with Gasteiger partial charge in [-0.05, 0) is 17.7 Å². The average Bonchev–Trinajstić information content (AvgIpc) is 2.56. The molecule has 3 amide bonds.